The summed E-state index contributed by atoms with van der Waals surface area (Å²) in [5, 5.41) is 2.46. The number of nitrogen functional groups attached to an aromatic ring is 2. The summed E-state index contributed by atoms with van der Waals surface area (Å²) in [7, 11) is 1.67. The first-order valence-electron chi connectivity index (χ1n) is 10.5. The van der Waals surface area contributed by atoms with E-state index in [1.807, 2.05) is 12.1 Å². The molecule has 170 valence electrons. The second-order valence-corrected chi connectivity index (χ2v) is 8.84. The molecule has 32 heavy (non-hydrogen) atoms. The van der Waals surface area contributed by atoms with E-state index in [-0.39, 0.29) is 34.5 Å². The van der Waals surface area contributed by atoms with Gasteiger partial charge in [-0.2, -0.15) is 0 Å². The van der Waals surface area contributed by atoms with Crippen LogP contribution in [0.15, 0.2) is 29.3 Å². The topological polar surface area (TPSA) is 155 Å². The van der Waals surface area contributed by atoms with Crippen molar-refractivity contribution >= 4 is 35.1 Å². The van der Waals surface area contributed by atoms with Crippen LogP contribution in [0.1, 0.15) is 28.9 Å². The van der Waals surface area contributed by atoms with E-state index >= 15 is 0 Å². The van der Waals surface area contributed by atoms with Crippen molar-refractivity contribution in [1.29, 1.82) is 0 Å². The standard InChI is InChI=1S/C21H27ClN8O2/c1-32-14-4-2-12(3-5-14)10-30-8-6-13(7-9-30)15(11-30)26-21(25)29-20(31)16-18(23)28-19(24)17(22)27-16/h2-5,13,15H,6-11H2,1H3,(H6-,23,24,25,26,28,29,31)/p+1/t13?,15-,30?/m1/s1. The molecule has 1 atom stereocenters. The molecule has 10 nitrogen and oxygen atoms in total. The number of carbonyl (C=O) groups excluding carboxylic acids is 1. The number of quaternary nitrogens is 1. The zero-order valence-corrected chi connectivity index (χ0v) is 18.7. The first-order chi connectivity index (χ1) is 15.3. The van der Waals surface area contributed by atoms with Crippen LogP contribution in [-0.4, -0.2) is 59.1 Å². The number of hydrogen-bond donors (Lipinski definition) is 4. The van der Waals surface area contributed by atoms with Gasteiger partial charge in [0.2, 0.25) is 0 Å². The van der Waals surface area contributed by atoms with Gasteiger partial charge in [0.05, 0.1) is 20.2 Å². The van der Waals surface area contributed by atoms with E-state index in [9.17, 15) is 4.79 Å². The lowest BCUT2D eigenvalue weighted by atomic mass is 9.81. The molecule has 3 saturated heterocycles. The van der Waals surface area contributed by atoms with Gasteiger partial charge in [0.25, 0.3) is 5.91 Å². The summed E-state index contributed by atoms with van der Waals surface area (Å²) in [6, 6.07) is 8.25. The molecule has 7 N–H and O–H groups in total. The summed E-state index contributed by atoms with van der Waals surface area (Å²) in [5.41, 5.74) is 18.5. The monoisotopic (exact) mass is 459 g/mol. The second kappa shape index (κ2) is 8.79. The maximum absolute atomic E-state index is 12.5. The second-order valence-electron chi connectivity index (χ2n) is 8.48. The van der Waals surface area contributed by atoms with Gasteiger partial charge in [0.15, 0.2) is 28.4 Å². The third-order valence-electron chi connectivity index (χ3n) is 6.41. The number of nitrogens with zero attached hydrogens (tertiary/aromatic N) is 4. The van der Waals surface area contributed by atoms with Crippen molar-refractivity contribution in [2.45, 2.75) is 25.4 Å². The third kappa shape index (κ3) is 4.56. The number of amides is 1. The van der Waals surface area contributed by atoms with Crippen LogP contribution in [0.3, 0.4) is 0 Å². The van der Waals surface area contributed by atoms with Crippen molar-refractivity contribution in [2.24, 2.45) is 16.6 Å². The number of methoxy groups -OCH3 is 1. The van der Waals surface area contributed by atoms with Gasteiger partial charge in [-0.05, 0) is 30.2 Å². The minimum Gasteiger partial charge on any atom is -0.497 e. The van der Waals surface area contributed by atoms with E-state index < -0.39 is 5.91 Å². The number of rotatable bonds is 5. The average Bonchev–Trinajstić information content (AvgIpc) is 2.77. The van der Waals surface area contributed by atoms with Crippen molar-refractivity contribution in [1.82, 2.24) is 15.3 Å². The summed E-state index contributed by atoms with van der Waals surface area (Å²) >= 11 is 5.86. The molecule has 4 heterocycles. The maximum atomic E-state index is 12.5. The van der Waals surface area contributed by atoms with E-state index in [2.05, 4.69) is 32.4 Å². The summed E-state index contributed by atoms with van der Waals surface area (Å²) < 4.78 is 6.22. The Labute approximate surface area is 191 Å². The van der Waals surface area contributed by atoms with Gasteiger partial charge >= 0.3 is 0 Å². The van der Waals surface area contributed by atoms with Gasteiger partial charge in [0.1, 0.15) is 24.9 Å². The molecule has 1 amide bonds. The van der Waals surface area contributed by atoms with Crippen molar-refractivity contribution in [3.63, 3.8) is 0 Å². The largest absolute Gasteiger partial charge is 0.497 e. The summed E-state index contributed by atoms with van der Waals surface area (Å²) in [4.78, 5) is 24.9. The quantitative estimate of drug-likeness (QED) is 0.297. The summed E-state index contributed by atoms with van der Waals surface area (Å²) in [6.45, 7) is 4.05. The lowest BCUT2D eigenvalue weighted by molar-refractivity contribution is -0.955. The van der Waals surface area contributed by atoms with E-state index in [0.29, 0.717) is 5.92 Å². The van der Waals surface area contributed by atoms with Crippen LogP contribution in [0.5, 0.6) is 5.75 Å². The van der Waals surface area contributed by atoms with Crippen LogP contribution in [-0.2, 0) is 6.54 Å². The Morgan fingerprint density at radius 1 is 1.22 bits per heavy atom. The third-order valence-corrected chi connectivity index (χ3v) is 6.69. The van der Waals surface area contributed by atoms with Crippen molar-refractivity contribution < 1.29 is 14.0 Å². The number of carbonyl (C=O) groups is 1. The molecule has 2 aromatic rings. The Bertz CT molecular complexity index is 1030. The molecule has 3 fully saturated rings. The molecular formula is C21H28ClN8O2+. The highest BCUT2D eigenvalue weighted by Gasteiger charge is 2.46. The number of nitrogens with two attached hydrogens (primary N) is 3. The minimum atomic E-state index is -0.624. The number of halogens is 1. The molecule has 0 unspecified atom stereocenters. The van der Waals surface area contributed by atoms with Gasteiger partial charge in [-0.3, -0.25) is 10.1 Å². The highest BCUT2D eigenvalue weighted by atomic mass is 35.5. The first kappa shape index (κ1) is 22.1. The van der Waals surface area contributed by atoms with E-state index in [1.165, 1.54) is 5.56 Å². The maximum Gasteiger partial charge on any atom is 0.280 e. The van der Waals surface area contributed by atoms with Gasteiger partial charge in [-0.25, -0.2) is 15.0 Å². The van der Waals surface area contributed by atoms with Crippen LogP contribution >= 0.6 is 11.6 Å². The Hall–Kier alpha value is -3.11. The highest BCUT2D eigenvalue weighted by Crippen LogP contribution is 2.37. The predicted molar refractivity (Wildman–Crippen MR) is 123 cm³/mol. The molecule has 5 rings (SSSR count). The number of benzene rings is 1. The molecule has 3 aliphatic heterocycles. The van der Waals surface area contributed by atoms with Gasteiger partial charge in [0, 0.05) is 18.4 Å². The Morgan fingerprint density at radius 3 is 2.56 bits per heavy atom. The average molecular weight is 460 g/mol. The number of hydrogen-bond acceptors (Lipinski definition) is 7. The van der Waals surface area contributed by atoms with E-state index in [4.69, 9.17) is 33.5 Å². The van der Waals surface area contributed by atoms with Crippen LogP contribution in [0.2, 0.25) is 5.15 Å². The minimum absolute atomic E-state index is 0.0329. The van der Waals surface area contributed by atoms with Crippen molar-refractivity contribution in [2.75, 3.05) is 38.2 Å². The summed E-state index contributed by atoms with van der Waals surface area (Å²) in [5.74, 6) is 0.554. The molecule has 0 spiro atoms. The van der Waals surface area contributed by atoms with Crippen LogP contribution in [0.4, 0.5) is 11.6 Å². The van der Waals surface area contributed by atoms with Gasteiger partial charge in [-0.1, -0.05) is 11.6 Å². The number of anilines is 2. The predicted octanol–water partition coefficient (Wildman–Crippen LogP) is 1.16. The zero-order chi connectivity index (χ0) is 22.9. The Balaban J connectivity index is 1.45. The normalized spacial score (nSPS) is 24.9. The Kier molecular flexibility index (Phi) is 6.07. The lowest BCUT2D eigenvalue weighted by Gasteiger charge is -2.51. The van der Waals surface area contributed by atoms with E-state index in [0.717, 1.165) is 49.3 Å². The van der Waals surface area contributed by atoms with Crippen molar-refractivity contribution in [3.05, 3.63) is 40.7 Å². The number of fused-ring (bicyclic) bond motifs is 3. The highest BCUT2D eigenvalue weighted by molar-refractivity contribution is 6.31. The number of ether oxygens (including phenoxy) is 1. The SMILES string of the molecule is COc1ccc(C[N+]23CCC(CC2)[C@H](N=C(N)NC(=O)c2nc(Cl)c(N)nc2N)C3)cc1. The lowest BCUT2D eigenvalue weighted by Crippen LogP contribution is -2.63. The number of aliphatic imine (C=N–C) groups is 1. The molecule has 0 aliphatic carbocycles. The molecular weight excluding hydrogens is 432 g/mol. The van der Waals surface area contributed by atoms with E-state index in [1.54, 1.807) is 7.11 Å². The molecule has 11 heteroatoms. The smallest absolute Gasteiger partial charge is 0.280 e. The summed E-state index contributed by atoms with van der Waals surface area (Å²) in [6.07, 6.45) is 2.16. The van der Waals surface area contributed by atoms with Crippen LogP contribution in [0, 0.1) is 5.92 Å². The number of guanidine groups is 1. The van der Waals surface area contributed by atoms with Gasteiger partial charge < -0.3 is 26.4 Å². The molecule has 1 aromatic carbocycles. The molecule has 0 radical (unpaired) electrons. The van der Waals surface area contributed by atoms with Crippen LogP contribution < -0.4 is 27.3 Å². The fourth-order valence-corrected chi connectivity index (χ4v) is 4.86. The Morgan fingerprint density at radius 2 is 1.91 bits per heavy atom. The fourth-order valence-electron chi connectivity index (χ4n) is 4.73. The van der Waals surface area contributed by atoms with Crippen molar-refractivity contribution in [3.8, 4) is 5.75 Å². The fraction of sp³-hybridized carbons (Fsp3) is 0.429. The van der Waals surface area contributed by atoms with Gasteiger partial charge in [-0.15, -0.1) is 0 Å². The molecule has 0 saturated carbocycles. The zero-order valence-electron chi connectivity index (χ0n) is 17.9. The molecule has 2 bridgehead atoms. The van der Waals surface area contributed by atoms with Crippen LogP contribution in [0.25, 0.3) is 0 Å². The number of nitrogens with one attached hydrogen (secondary N) is 1. The molecule has 1 aromatic heterocycles. The first-order valence-corrected chi connectivity index (χ1v) is 10.9. The molecule has 3 aliphatic rings. The number of piperidine rings is 3. The number of aromatic nitrogens is 2.